The Bertz CT molecular complexity index is 496. The van der Waals surface area contributed by atoms with Crippen molar-refractivity contribution >= 4 is 17.4 Å². The fourth-order valence-electron chi connectivity index (χ4n) is 1.75. The van der Waals surface area contributed by atoms with E-state index in [1.165, 1.54) is 4.88 Å². The maximum atomic E-state index is 11.6. The lowest BCUT2D eigenvalue weighted by Crippen LogP contribution is -2.34. The quantitative estimate of drug-likeness (QED) is 0.905. The molecular weight excluding hydrogens is 258 g/mol. The van der Waals surface area contributed by atoms with Gasteiger partial charge in [-0.05, 0) is 23.9 Å². The normalized spacial score (nSPS) is 11.8. The van der Waals surface area contributed by atoms with E-state index in [0.29, 0.717) is 6.61 Å². The number of amides is 1. The zero-order chi connectivity index (χ0) is 13.5. The summed E-state index contributed by atoms with van der Waals surface area (Å²) in [4.78, 5) is 12.9. The van der Waals surface area contributed by atoms with Crippen LogP contribution >= 0.6 is 11.3 Å². The number of ether oxygens (including phenoxy) is 1. The number of hydrogen-bond acceptors (Lipinski definition) is 3. The molecule has 1 atom stereocenters. The van der Waals surface area contributed by atoms with Gasteiger partial charge in [0.25, 0.3) is 0 Å². The van der Waals surface area contributed by atoms with Crippen LogP contribution in [0.5, 0.6) is 0 Å². The highest BCUT2D eigenvalue weighted by molar-refractivity contribution is 7.09. The second-order valence-corrected chi connectivity index (χ2v) is 5.42. The molecule has 0 aliphatic carbocycles. The largest absolute Gasteiger partial charge is 0.445 e. The third kappa shape index (κ3) is 4.75. The number of carbonyl (C=O) groups is 1. The molecule has 0 aliphatic heterocycles. The molecule has 1 N–H and O–H groups in total. The number of thiophene rings is 1. The summed E-state index contributed by atoms with van der Waals surface area (Å²) in [7, 11) is 0. The van der Waals surface area contributed by atoms with Crippen LogP contribution in [-0.4, -0.2) is 12.1 Å². The van der Waals surface area contributed by atoms with Gasteiger partial charge in [0, 0.05) is 17.3 Å². The predicted molar refractivity (Wildman–Crippen MR) is 77.2 cm³/mol. The van der Waals surface area contributed by atoms with E-state index in [0.717, 1.165) is 12.0 Å². The first-order chi connectivity index (χ1) is 9.24. The van der Waals surface area contributed by atoms with Crippen LogP contribution in [0.3, 0.4) is 0 Å². The molecule has 1 aromatic carbocycles. The molecule has 1 amide bonds. The number of rotatable bonds is 5. The minimum atomic E-state index is -0.368. The predicted octanol–water partition coefficient (Wildman–Crippen LogP) is 3.61. The van der Waals surface area contributed by atoms with Crippen LogP contribution < -0.4 is 5.32 Å². The van der Waals surface area contributed by atoms with Gasteiger partial charge in [-0.2, -0.15) is 0 Å². The summed E-state index contributed by atoms with van der Waals surface area (Å²) in [6, 6.07) is 13.8. The number of benzene rings is 1. The van der Waals surface area contributed by atoms with Gasteiger partial charge in [-0.3, -0.25) is 0 Å². The van der Waals surface area contributed by atoms with Crippen molar-refractivity contribution in [3.05, 3.63) is 58.3 Å². The smallest absolute Gasteiger partial charge is 0.407 e. The Balaban J connectivity index is 1.72. The second kappa shape index (κ2) is 6.95. The van der Waals surface area contributed by atoms with Crippen molar-refractivity contribution in [1.82, 2.24) is 5.32 Å². The molecule has 2 aromatic rings. The lowest BCUT2D eigenvalue weighted by molar-refractivity contribution is 0.136. The molecule has 0 saturated carbocycles. The van der Waals surface area contributed by atoms with Crippen molar-refractivity contribution in [1.29, 1.82) is 0 Å². The molecule has 0 spiro atoms. The first kappa shape index (κ1) is 13.6. The molecule has 4 heteroatoms. The molecule has 2 rings (SSSR count). The topological polar surface area (TPSA) is 38.3 Å². The van der Waals surface area contributed by atoms with Crippen molar-refractivity contribution in [2.24, 2.45) is 0 Å². The molecule has 1 heterocycles. The maximum Gasteiger partial charge on any atom is 0.407 e. The van der Waals surface area contributed by atoms with Gasteiger partial charge in [0.1, 0.15) is 6.61 Å². The average Bonchev–Trinajstić information content (AvgIpc) is 2.90. The van der Waals surface area contributed by atoms with Gasteiger partial charge in [-0.1, -0.05) is 36.4 Å². The Labute approximate surface area is 117 Å². The number of carbonyl (C=O) groups excluding carboxylic acids is 1. The molecule has 0 saturated heterocycles. The molecule has 0 fully saturated rings. The fraction of sp³-hybridized carbons (Fsp3) is 0.267. The van der Waals surface area contributed by atoms with E-state index in [2.05, 4.69) is 11.4 Å². The van der Waals surface area contributed by atoms with Crippen molar-refractivity contribution in [3.8, 4) is 0 Å². The monoisotopic (exact) mass is 275 g/mol. The van der Waals surface area contributed by atoms with Gasteiger partial charge in [0.2, 0.25) is 0 Å². The first-order valence-electron chi connectivity index (χ1n) is 6.23. The van der Waals surface area contributed by atoms with E-state index >= 15 is 0 Å². The van der Waals surface area contributed by atoms with E-state index in [4.69, 9.17) is 4.74 Å². The van der Waals surface area contributed by atoms with Crippen LogP contribution in [0, 0.1) is 0 Å². The van der Waals surface area contributed by atoms with Crippen LogP contribution in [0.2, 0.25) is 0 Å². The lowest BCUT2D eigenvalue weighted by Gasteiger charge is -2.13. The molecule has 3 nitrogen and oxygen atoms in total. The number of hydrogen-bond donors (Lipinski definition) is 1. The first-order valence-corrected chi connectivity index (χ1v) is 7.11. The fourth-order valence-corrected chi connectivity index (χ4v) is 2.58. The molecule has 0 bridgehead atoms. The van der Waals surface area contributed by atoms with E-state index in [-0.39, 0.29) is 12.1 Å². The Hall–Kier alpha value is -1.81. The third-order valence-corrected chi connectivity index (χ3v) is 3.56. The van der Waals surface area contributed by atoms with Crippen LogP contribution in [0.1, 0.15) is 17.4 Å². The molecule has 19 heavy (non-hydrogen) atoms. The molecule has 1 unspecified atom stereocenters. The molecule has 0 radical (unpaired) electrons. The summed E-state index contributed by atoms with van der Waals surface area (Å²) in [5.41, 5.74) is 0.989. The minimum absolute atomic E-state index is 0.0712. The summed E-state index contributed by atoms with van der Waals surface area (Å²) in [5.74, 6) is 0. The van der Waals surface area contributed by atoms with Crippen molar-refractivity contribution in [2.75, 3.05) is 0 Å². The highest BCUT2D eigenvalue weighted by atomic mass is 32.1. The summed E-state index contributed by atoms with van der Waals surface area (Å²) in [5, 5.41) is 4.87. The van der Waals surface area contributed by atoms with Crippen LogP contribution in [0.15, 0.2) is 47.8 Å². The molecule has 0 aliphatic rings. The Morgan fingerprint density at radius 2 is 2.05 bits per heavy atom. The Morgan fingerprint density at radius 1 is 1.26 bits per heavy atom. The van der Waals surface area contributed by atoms with Crippen molar-refractivity contribution < 1.29 is 9.53 Å². The van der Waals surface area contributed by atoms with Gasteiger partial charge in [-0.15, -0.1) is 11.3 Å². The Morgan fingerprint density at radius 3 is 2.74 bits per heavy atom. The van der Waals surface area contributed by atoms with Gasteiger partial charge >= 0.3 is 6.09 Å². The summed E-state index contributed by atoms with van der Waals surface area (Å²) < 4.78 is 5.17. The maximum absolute atomic E-state index is 11.6. The average molecular weight is 275 g/mol. The summed E-state index contributed by atoms with van der Waals surface area (Å²) >= 11 is 1.70. The van der Waals surface area contributed by atoms with E-state index in [9.17, 15) is 4.79 Å². The zero-order valence-corrected chi connectivity index (χ0v) is 11.7. The lowest BCUT2D eigenvalue weighted by atomic mass is 10.2. The Kier molecular flexibility index (Phi) is 4.98. The standard InChI is InChI=1S/C15H17NO2S/c1-12(10-14-8-5-9-19-14)16-15(17)18-11-13-6-3-2-4-7-13/h2-9,12H,10-11H2,1H3,(H,16,17). The molecular formula is C15H17NO2S. The zero-order valence-electron chi connectivity index (χ0n) is 10.8. The highest BCUT2D eigenvalue weighted by Crippen LogP contribution is 2.11. The minimum Gasteiger partial charge on any atom is -0.445 e. The van der Waals surface area contributed by atoms with Crippen LogP contribution in [0.25, 0.3) is 0 Å². The molecule has 1 aromatic heterocycles. The van der Waals surface area contributed by atoms with Gasteiger partial charge in [0.15, 0.2) is 0 Å². The SMILES string of the molecule is CC(Cc1cccs1)NC(=O)OCc1ccccc1. The van der Waals surface area contributed by atoms with Crippen LogP contribution in [-0.2, 0) is 17.8 Å². The number of nitrogens with one attached hydrogen (secondary N) is 1. The van der Waals surface area contributed by atoms with Gasteiger partial charge in [0.05, 0.1) is 0 Å². The summed E-state index contributed by atoms with van der Waals surface area (Å²) in [6.07, 6.45) is 0.464. The highest BCUT2D eigenvalue weighted by Gasteiger charge is 2.09. The van der Waals surface area contributed by atoms with E-state index in [1.807, 2.05) is 48.7 Å². The van der Waals surface area contributed by atoms with Crippen LogP contribution in [0.4, 0.5) is 4.79 Å². The van der Waals surface area contributed by atoms with Crippen molar-refractivity contribution in [3.63, 3.8) is 0 Å². The van der Waals surface area contributed by atoms with Gasteiger partial charge < -0.3 is 10.1 Å². The second-order valence-electron chi connectivity index (χ2n) is 4.39. The summed E-state index contributed by atoms with van der Waals surface area (Å²) in [6.45, 7) is 2.28. The molecule has 100 valence electrons. The third-order valence-electron chi connectivity index (χ3n) is 2.66. The van der Waals surface area contributed by atoms with E-state index in [1.54, 1.807) is 11.3 Å². The number of alkyl carbamates (subject to hydrolysis) is 1. The van der Waals surface area contributed by atoms with Crippen molar-refractivity contribution in [2.45, 2.75) is 26.0 Å². The van der Waals surface area contributed by atoms with E-state index < -0.39 is 0 Å². The van der Waals surface area contributed by atoms with Gasteiger partial charge in [-0.25, -0.2) is 4.79 Å².